The fourth-order valence-corrected chi connectivity index (χ4v) is 3.31. The SMILES string of the molecule is CC(C)C[C@H](NS(=O)(=O)c1ccccc1Cl)C(=O)O. The lowest BCUT2D eigenvalue weighted by atomic mass is 10.1. The Morgan fingerprint density at radius 3 is 2.42 bits per heavy atom. The summed E-state index contributed by atoms with van der Waals surface area (Å²) in [5.74, 6) is -1.15. The lowest BCUT2D eigenvalue weighted by Crippen LogP contribution is -2.41. The highest BCUT2D eigenvalue weighted by atomic mass is 35.5. The van der Waals surface area contributed by atoms with Crippen molar-refractivity contribution in [3.63, 3.8) is 0 Å². The van der Waals surface area contributed by atoms with Gasteiger partial charge in [-0.1, -0.05) is 37.6 Å². The van der Waals surface area contributed by atoms with E-state index in [0.717, 1.165) is 0 Å². The molecule has 0 heterocycles. The Labute approximate surface area is 117 Å². The number of halogens is 1. The molecule has 19 heavy (non-hydrogen) atoms. The number of carboxylic acid groups (broad SMARTS) is 1. The Morgan fingerprint density at radius 1 is 1.37 bits per heavy atom. The zero-order valence-corrected chi connectivity index (χ0v) is 12.2. The summed E-state index contributed by atoms with van der Waals surface area (Å²) in [5.41, 5.74) is 0. The summed E-state index contributed by atoms with van der Waals surface area (Å²) in [6, 6.07) is 4.73. The predicted octanol–water partition coefficient (Wildman–Crippen LogP) is 2.12. The van der Waals surface area contributed by atoms with Gasteiger partial charge in [0.15, 0.2) is 0 Å². The van der Waals surface area contributed by atoms with E-state index in [1.54, 1.807) is 6.07 Å². The number of hydrogen-bond donors (Lipinski definition) is 2. The van der Waals surface area contributed by atoms with Crippen LogP contribution in [0.15, 0.2) is 29.2 Å². The molecular weight excluding hydrogens is 290 g/mol. The van der Waals surface area contributed by atoms with Crippen LogP contribution in [0.1, 0.15) is 20.3 Å². The van der Waals surface area contributed by atoms with E-state index in [0.29, 0.717) is 0 Å². The van der Waals surface area contributed by atoms with E-state index in [9.17, 15) is 13.2 Å². The normalized spacial score (nSPS) is 13.5. The second-order valence-corrected chi connectivity index (χ2v) is 6.66. The number of aliphatic carboxylic acids is 1. The van der Waals surface area contributed by atoms with E-state index in [1.807, 2.05) is 13.8 Å². The summed E-state index contributed by atoms with van der Waals surface area (Å²) in [7, 11) is -3.94. The Balaban J connectivity index is 3.01. The van der Waals surface area contributed by atoms with Crippen molar-refractivity contribution >= 4 is 27.6 Å². The molecule has 106 valence electrons. The molecule has 1 atom stereocenters. The monoisotopic (exact) mass is 305 g/mol. The van der Waals surface area contributed by atoms with Gasteiger partial charge in [0, 0.05) is 0 Å². The maximum Gasteiger partial charge on any atom is 0.321 e. The third-order valence-corrected chi connectivity index (χ3v) is 4.40. The van der Waals surface area contributed by atoms with Crippen molar-refractivity contribution in [3.05, 3.63) is 29.3 Å². The van der Waals surface area contributed by atoms with Gasteiger partial charge in [0.1, 0.15) is 10.9 Å². The Kier molecular flexibility index (Phi) is 5.34. The fourth-order valence-electron chi connectivity index (χ4n) is 1.58. The lowest BCUT2D eigenvalue weighted by molar-refractivity contribution is -0.139. The zero-order chi connectivity index (χ0) is 14.6. The van der Waals surface area contributed by atoms with Crippen molar-refractivity contribution < 1.29 is 18.3 Å². The lowest BCUT2D eigenvalue weighted by Gasteiger charge is -2.17. The smallest absolute Gasteiger partial charge is 0.321 e. The predicted molar refractivity (Wildman–Crippen MR) is 72.7 cm³/mol. The van der Waals surface area contributed by atoms with Crippen LogP contribution >= 0.6 is 11.6 Å². The van der Waals surface area contributed by atoms with E-state index >= 15 is 0 Å². The maximum absolute atomic E-state index is 12.1. The molecule has 0 aliphatic heterocycles. The minimum Gasteiger partial charge on any atom is -0.480 e. The number of sulfonamides is 1. The molecule has 0 aromatic heterocycles. The maximum atomic E-state index is 12.1. The molecular formula is C12H16ClNO4S. The van der Waals surface area contributed by atoms with Crippen LogP contribution in [0.3, 0.4) is 0 Å². The van der Waals surface area contributed by atoms with Crippen LogP contribution in [0.5, 0.6) is 0 Å². The fraction of sp³-hybridized carbons (Fsp3) is 0.417. The second kappa shape index (κ2) is 6.36. The van der Waals surface area contributed by atoms with E-state index in [-0.39, 0.29) is 22.3 Å². The standard InChI is InChI=1S/C12H16ClNO4S/c1-8(2)7-10(12(15)16)14-19(17,18)11-6-4-3-5-9(11)13/h3-6,8,10,14H,7H2,1-2H3,(H,15,16)/t10-/m0/s1. The van der Waals surface area contributed by atoms with Crippen LogP contribution in [0.2, 0.25) is 5.02 Å². The first-order valence-electron chi connectivity index (χ1n) is 5.73. The average Bonchev–Trinajstić information content (AvgIpc) is 2.27. The molecule has 0 saturated carbocycles. The van der Waals surface area contributed by atoms with Crippen molar-refractivity contribution in [2.45, 2.75) is 31.2 Å². The van der Waals surface area contributed by atoms with Gasteiger partial charge < -0.3 is 5.11 Å². The largest absolute Gasteiger partial charge is 0.480 e. The molecule has 1 aromatic carbocycles. The van der Waals surface area contributed by atoms with Gasteiger partial charge >= 0.3 is 5.97 Å². The molecule has 5 nitrogen and oxygen atoms in total. The molecule has 0 aliphatic carbocycles. The molecule has 0 saturated heterocycles. The Bertz CT molecular complexity index is 557. The molecule has 1 rings (SSSR count). The van der Waals surface area contributed by atoms with Crippen LogP contribution < -0.4 is 4.72 Å². The summed E-state index contributed by atoms with van der Waals surface area (Å²) >= 11 is 5.81. The third kappa shape index (κ3) is 4.49. The molecule has 0 spiro atoms. The van der Waals surface area contributed by atoms with Gasteiger partial charge in [-0.25, -0.2) is 8.42 Å². The molecule has 7 heteroatoms. The van der Waals surface area contributed by atoms with Crippen molar-refractivity contribution in [2.24, 2.45) is 5.92 Å². The molecule has 1 aromatic rings. The van der Waals surface area contributed by atoms with Gasteiger partial charge in [-0.05, 0) is 24.5 Å². The average molecular weight is 306 g/mol. The minimum absolute atomic E-state index is 0.0510. The minimum atomic E-state index is -3.94. The van der Waals surface area contributed by atoms with Gasteiger partial charge in [0.2, 0.25) is 10.0 Å². The second-order valence-electron chi connectivity index (χ2n) is 4.57. The van der Waals surface area contributed by atoms with Gasteiger partial charge in [-0.15, -0.1) is 0 Å². The van der Waals surface area contributed by atoms with E-state index in [2.05, 4.69) is 4.72 Å². The summed E-state index contributed by atoms with van der Waals surface area (Å²) < 4.78 is 26.4. The highest BCUT2D eigenvalue weighted by Gasteiger charge is 2.27. The summed E-state index contributed by atoms with van der Waals surface area (Å²) in [4.78, 5) is 11.0. The first-order chi connectivity index (χ1) is 8.74. The number of carbonyl (C=O) groups is 1. The number of benzene rings is 1. The van der Waals surface area contributed by atoms with Crippen LogP contribution in [0.4, 0.5) is 0 Å². The number of hydrogen-bond acceptors (Lipinski definition) is 3. The van der Waals surface area contributed by atoms with Crippen molar-refractivity contribution in [1.29, 1.82) is 0 Å². The first kappa shape index (κ1) is 15.9. The molecule has 0 bridgehead atoms. The van der Waals surface area contributed by atoms with E-state index < -0.39 is 22.0 Å². The van der Waals surface area contributed by atoms with Crippen LogP contribution in [0.25, 0.3) is 0 Å². The van der Waals surface area contributed by atoms with Crippen molar-refractivity contribution in [1.82, 2.24) is 4.72 Å². The topological polar surface area (TPSA) is 83.5 Å². The molecule has 0 radical (unpaired) electrons. The number of rotatable bonds is 6. The molecule has 0 amide bonds. The van der Waals surface area contributed by atoms with Gasteiger partial charge in [-0.2, -0.15) is 4.72 Å². The molecule has 2 N–H and O–H groups in total. The molecule has 0 aliphatic rings. The van der Waals surface area contributed by atoms with E-state index in [1.165, 1.54) is 18.2 Å². The Hall–Kier alpha value is -1.11. The quantitative estimate of drug-likeness (QED) is 0.843. The highest BCUT2D eigenvalue weighted by molar-refractivity contribution is 7.89. The first-order valence-corrected chi connectivity index (χ1v) is 7.60. The van der Waals surface area contributed by atoms with Crippen LogP contribution in [-0.2, 0) is 14.8 Å². The summed E-state index contributed by atoms with van der Waals surface area (Å²) in [6.45, 7) is 3.64. The van der Waals surface area contributed by atoms with Gasteiger partial charge in [0.25, 0.3) is 0 Å². The number of nitrogens with one attached hydrogen (secondary N) is 1. The van der Waals surface area contributed by atoms with Crippen LogP contribution in [-0.4, -0.2) is 25.5 Å². The zero-order valence-electron chi connectivity index (χ0n) is 10.6. The van der Waals surface area contributed by atoms with Crippen LogP contribution in [0, 0.1) is 5.92 Å². The van der Waals surface area contributed by atoms with Crippen molar-refractivity contribution in [3.8, 4) is 0 Å². The summed E-state index contributed by atoms with van der Waals surface area (Å²) in [6.07, 6.45) is 0.207. The van der Waals surface area contributed by atoms with E-state index in [4.69, 9.17) is 16.7 Å². The van der Waals surface area contributed by atoms with Gasteiger partial charge in [0.05, 0.1) is 5.02 Å². The molecule has 0 fully saturated rings. The molecule has 0 unspecified atom stereocenters. The highest BCUT2D eigenvalue weighted by Crippen LogP contribution is 2.21. The number of carboxylic acids is 1. The Morgan fingerprint density at radius 2 is 1.95 bits per heavy atom. The van der Waals surface area contributed by atoms with Crippen molar-refractivity contribution in [2.75, 3.05) is 0 Å². The third-order valence-electron chi connectivity index (χ3n) is 2.43. The van der Waals surface area contributed by atoms with Gasteiger partial charge in [-0.3, -0.25) is 4.79 Å². The summed E-state index contributed by atoms with van der Waals surface area (Å²) in [5, 5.41) is 9.10.